The summed E-state index contributed by atoms with van der Waals surface area (Å²) in [6.45, 7) is 2.62. The summed E-state index contributed by atoms with van der Waals surface area (Å²) in [5, 5.41) is 6.81. The minimum Gasteiger partial charge on any atom is -0.484 e. The average molecular weight is 261 g/mol. The van der Waals surface area contributed by atoms with Crippen LogP contribution in [0.25, 0.3) is 0 Å². The van der Waals surface area contributed by atoms with Crippen LogP contribution in [0.3, 0.4) is 0 Å². The summed E-state index contributed by atoms with van der Waals surface area (Å²) in [5.74, 6) is 0.605. The third kappa shape index (κ3) is 3.89. The molecule has 1 aromatic heterocycles. The topological polar surface area (TPSA) is 38.3 Å². The van der Waals surface area contributed by atoms with Gasteiger partial charge in [-0.15, -0.1) is 0 Å². The van der Waals surface area contributed by atoms with Gasteiger partial charge in [-0.25, -0.2) is 0 Å². The summed E-state index contributed by atoms with van der Waals surface area (Å²) in [4.78, 5) is 11.5. The van der Waals surface area contributed by atoms with Crippen LogP contribution in [0, 0.1) is 6.92 Å². The number of amides is 1. The summed E-state index contributed by atoms with van der Waals surface area (Å²) in [5.41, 5.74) is 2.29. The van der Waals surface area contributed by atoms with Crippen LogP contribution in [0.5, 0.6) is 5.75 Å². The molecule has 2 aromatic rings. The summed E-state index contributed by atoms with van der Waals surface area (Å²) in [6, 6.07) is 9.63. The second kappa shape index (κ2) is 6.21. The van der Waals surface area contributed by atoms with E-state index in [0.29, 0.717) is 12.3 Å². The molecule has 0 saturated carbocycles. The molecule has 3 nitrogen and oxygen atoms in total. The van der Waals surface area contributed by atoms with Crippen molar-refractivity contribution < 1.29 is 9.53 Å². The van der Waals surface area contributed by atoms with Crippen molar-refractivity contribution in [3.63, 3.8) is 0 Å². The predicted octanol–water partition coefficient (Wildman–Crippen LogP) is 2.75. The lowest BCUT2D eigenvalue weighted by Gasteiger charge is -2.07. The number of carbonyl (C=O) groups is 1. The van der Waals surface area contributed by atoms with Gasteiger partial charge in [0.15, 0.2) is 6.61 Å². The summed E-state index contributed by atoms with van der Waals surface area (Å²) < 4.78 is 5.38. The number of thiophene rings is 1. The molecule has 1 aromatic carbocycles. The van der Waals surface area contributed by atoms with Gasteiger partial charge in [0.05, 0.1) is 0 Å². The number of nitrogens with one attached hydrogen (secondary N) is 1. The van der Waals surface area contributed by atoms with Crippen molar-refractivity contribution in [3.05, 3.63) is 52.2 Å². The zero-order chi connectivity index (χ0) is 12.8. The number of rotatable bonds is 5. The predicted molar refractivity (Wildman–Crippen MR) is 72.8 cm³/mol. The lowest BCUT2D eigenvalue weighted by Crippen LogP contribution is -2.28. The average Bonchev–Trinajstić information content (AvgIpc) is 2.89. The van der Waals surface area contributed by atoms with E-state index in [1.54, 1.807) is 11.3 Å². The number of ether oxygens (including phenoxy) is 1. The van der Waals surface area contributed by atoms with Crippen LogP contribution < -0.4 is 10.1 Å². The monoisotopic (exact) mass is 261 g/mol. The van der Waals surface area contributed by atoms with E-state index in [4.69, 9.17) is 4.74 Å². The third-order valence-corrected chi connectivity index (χ3v) is 3.19. The van der Waals surface area contributed by atoms with Crippen LogP contribution in [-0.4, -0.2) is 12.5 Å². The molecule has 0 fully saturated rings. The molecular formula is C14H15NO2S. The van der Waals surface area contributed by atoms with E-state index in [2.05, 4.69) is 5.32 Å². The Labute approximate surface area is 110 Å². The van der Waals surface area contributed by atoms with E-state index >= 15 is 0 Å². The normalized spacial score (nSPS) is 10.1. The van der Waals surface area contributed by atoms with Gasteiger partial charge < -0.3 is 10.1 Å². The zero-order valence-corrected chi connectivity index (χ0v) is 11.0. The highest BCUT2D eigenvalue weighted by Crippen LogP contribution is 2.11. The first-order valence-corrected chi connectivity index (χ1v) is 6.65. The molecule has 0 radical (unpaired) electrons. The highest BCUT2D eigenvalue weighted by Gasteiger charge is 2.02. The van der Waals surface area contributed by atoms with Gasteiger partial charge in [0.25, 0.3) is 5.91 Å². The first-order valence-electron chi connectivity index (χ1n) is 5.71. The van der Waals surface area contributed by atoms with Crippen molar-refractivity contribution in [2.75, 3.05) is 6.61 Å². The summed E-state index contributed by atoms with van der Waals surface area (Å²) in [6.07, 6.45) is 0. The van der Waals surface area contributed by atoms with E-state index in [1.165, 1.54) is 5.56 Å². The van der Waals surface area contributed by atoms with Crippen LogP contribution in [0.1, 0.15) is 11.1 Å². The standard InChI is InChI=1S/C14H15NO2S/c1-11-2-4-13(5-3-11)17-9-14(16)15-8-12-6-7-18-10-12/h2-7,10H,8-9H2,1H3,(H,15,16). The molecule has 2 rings (SSSR count). The van der Waals surface area contributed by atoms with Gasteiger partial charge in [-0.05, 0) is 41.4 Å². The zero-order valence-electron chi connectivity index (χ0n) is 10.2. The fourth-order valence-corrected chi connectivity index (χ4v) is 2.10. The molecule has 0 spiro atoms. The molecule has 4 heteroatoms. The summed E-state index contributed by atoms with van der Waals surface area (Å²) in [7, 11) is 0. The molecule has 18 heavy (non-hydrogen) atoms. The van der Waals surface area contributed by atoms with Gasteiger partial charge in [-0.3, -0.25) is 4.79 Å². The lowest BCUT2D eigenvalue weighted by molar-refractivity contribution is -0.123. The van der Waals surface area contributed by atoms with Crippen LogP contribution in [0.15, 0.2) is 41.1 Å². The Balaban J connectivity index is 1.73. The van der Waals surface area contributed by atoms with E-state index in [0.717, 1.165) is 5.56 Å². The highest BCUT2D eigenvalue weighted by atomic mass is 32.1. The Hall–Kier alpha value is -1.81. The maximum Gasteiger partial charge on any atom is 0.258 e. The largest absolute Gasteiger partial charge is 0.484 e. The molecule has 0 aliphatic carbocycles. The second-order valence-corrected chi connectivity index (χ2v) is 4.79. The molecule has 0 unspecified atom stereocenters. The van der Waals surface area contributed by atoms with Crippen molar-refractivity contribution in [1.82, 2.24) is 5.32 Å². The van der Waals surface area contributed by atoms with E-state index < -0.39 is 0 Å². The quantitative estimate of drug-likeness (QED) is 0.898. The first kappa shape index (κ1) is 12.6. The van der Waals surface area contributed by atoms with Crippen LogP contribution in [0.4, 0.5) is 0 Å². The molecule has 0 aliphatic heterocycles. The van der Waals surface area contributed by atoms with E-state index in [-0.39, 0.29) is 12.5 Å². The van der Waals surface area contributed by atoms with Crippen molar-refractivity contribution in [1.29, 1.82) is 0 Å². The fourth-order valence-electron chi connectivity index (χ4n) is 1.43. The molecule has 0 atom stereocenters. The van der Waals surface area contributed by atoms with Gasteiger partial charge >= 0.3 is 0 Å². The highest BCUT2D eigenvalue weighted by molar-refractivity contribution is 7.07. The minimum atomic E-state index is -0.109. The Morgan fingerprint density at radius 1 is 1.28 bits per heavy atom. The first-order chi connectivity index (χ1) is 8.74. The van der Waals surface area contributed by atoms with Crippen LogP contribution in [-0.2, 0) is 11.3 Å². The van der Waals surface area contributed by atoms with Crippen LogP contribution in [0.2, 0.25) is 0 Å². The maximum absolute atomic E-state index is 11.5. The van der Waals surface area contributed by atoms with Gasteiger partial charge in [0, 0.05) is 6.54 Å². The molecule has 1 heterocycles. The number of hydrogen-bond donors (Lipinski definition) is 1. The van der Waals surface area contributed by atoms with E-state index in [1.807, 2.05) is 48.0 Å². The van der Waals surface area contributed by atoms with Crippen LogP contribution >= 0.6 is 11.3 Å². The minimum absolute atomic E-state index is 0.0488. The summed E-state index contributed by atoms with van der Waals surface area (Å²) >= 11 is 1.62. The SMILES string of the molecule is Cc1ccc(OCC(=O)NCc2ccsc2)cc1. The number of benzene rings is 1. The van der Waals surface area contributed by atoms with Crippen molar-refractivity contribution in [2.24, 2.45) is 0 Å². The second-order valence-electron chi connectivity index (χ2n) is 4.01. The molecule has 1 N–H and O–H groups in total. The Bertz CT molecular complexity index is 491. The molecule has 0 bridgehead atoms. The number of aryl methyl sites for hydroxylation is 1. The molecule has 1 amide bonds. The molecule has 0 aliphatic rings. The Morgan fingerprint density at radius 3 is 2.72 bits per heavy atom. The van der Waals surface area contributed by atoms with Gasteiger partial charge in [-0.2, -0.15) is 11.3 Å². The van der Waals surface area contributed by atoms with Crippen molar-refractivity contribution >= 4 is 17.2 Å². The maximum atomic E-state index is 11.5. The molecule has 94 valence electrons. The van der Waals surface area contributed by atoms with Gasteiger partial charge in [-0.1, -0.05) is 17.7 Å². The smallest absolute Gasteiger partial charge is 0.258 e. The van der Waals surface area contributed by atoms with Crippen molar-refractivity contribution in [3.8, 4) is 5.75 Å². The third-order valence-electron chi connectivity index (χ3n) is 2.46. The Morgan fingerprint density at radius 2 is 2.06 bits per heavy atom. The lowest BCUT2D eigenvalue weighted by atomic mass is 10.2. The van der Waals surface area contributed by atoms with E-state index in [9.17, 15) is 4.79 Å². The number of hydrogen-bond acceptors (Lipinski definition) is 3. The van der Waals surface area contributed by atoms with Gasteiger partial charge in [0.2, 0.25) is 0 Å². The number of carbonyl (C=O) groups excluding carboxylic acids is 1. The Kier molecular flexibility index (Phi) is 4.36. The fraction of sp³-hybridized carbons (Fsp3) is 0.214. The molecular weight excluding hydrogens is 246 g/mol. The van der Waals surface area contributed by atoms with Crippen molar-refractivity contribution in [2.45, 2.75) is 13.5 Å². The molecule has 0 saturated heterocycles. The van der Waals surface area contributed by atoms with Gasteiger partial charge in [0.1, 0.15) is 5.75 Å².